The summed E-state index contributed by atoms with van der Waals surface area (Å²) in [6, 6.07) is 11.0. The Labute approximate surface area is 200 Å². The first-order valence-corrected chi connectivity index (χ1v) is 11.2. The van der Waals surface area contributed by atoms with Gasteiger partial charge in [0.1, 0.15) is 36.5 Å². The molecular weight excluding hydrogens is 458 g/mol. The maximum Gasteiger partial charge on any atom is 0.246 e. The third-order valence-electron chi connectivity index (χ3n) is 5.39. The van der Waals surface area contributed by atoms with E-state index in [1.807, 2.05) is 24.3 Å². The van der Waals surface area contributed by atoms with Gasteiger partial charge < -0.3 is 19.7 Å². The zero-order valence-corrected chi connectivity index (χ0v) is 19.0. The van der Waals surface area contributed by atoms with E-state index in [4.69, 9.17) is 21.1 Å². The number of anilines is 2. The smallest absolute Gasteiger partial charge is 0.246 e. The first-order valence-electron chi connectivity index (χ1n) is 10.9. The standard InChI is InChI=1S/C23H22ClN7O3/c24-17-12-15(6-7-18(17)34-13-16-4-1-2-8-25-16)28-21-20-22(27-14-26-21)29-30-23(20)33-11-10-31-9-3-5-19(31)32/h1-2,4,6-8,12,14H,3,5,9-11,13H2,(H2,26,27,28,29,30). The number of halogens is 1. The Morgan fingerprint density at radius 2 is 2.09 bits per heavy atom. The second-order valence-corrected chi connectivity index (χ2v) is 8.09. The highest BCUT2D eigenvalue weighted by molar-refractivity contribution is 6.32. The number of fused-ring (bicyclic) bond motifs is 1. The van der Waals surface area contributed by atoms with Crippen LogP contribution < -0.4 is 14.8 Å². The van der Waals surface area contributed by atoms with Crippen LogP contribution in [-0.4, -0.2) is 55.7 Å². The van der Waals surface area contributed by atoms with Gasteiger partial charge in [-0.25, -0.2) is 9.97 Å². The largest absolute Gasteiger partial charge is 0.486 e. The fraction of sp³-hybridized carbons (Fsp3) is 0.261. The molecule has 1 saturated heterocycles. The number of nitrogens with one attached hydrogen (secondary N) is 2. The second kappa shape index (κ2) is 9.92. The van der Waals surface area contributed by atoms with Crippen LogP contribution in [0.15, 0.2) is 48.9 Å². The average Bonchev–Trinajstić information content (AvgIpc) is 3.46. The molecule has 4 aromatic rings. The molecule has 3 aromatic heterocycles. The summed E-state index contributed by atoms with van der Waals surface area (Å²) >= 11 is 6.44. The highest BCUT2D eigenvalue weighted by Crippen LogP contribution is 2.33. The Hall–Kier alpha value is -3.92. The van der Waals surface area contributed by atoms with Crippen LogP contribution >= 0.6 is 11.6 Å². The van der Waals surface area contributed by atoms with Crippen molar-refractivity contribution in [1.29, 1.82) is 0 Å². The number of likely N-dealkylation sites (tertiary alicyclic amines) is 1. The van der Waals surface area contributed by atoms with Gasteiger partial charge in [-0.1, -0.05) is 17.7 Å². The molecule has 0 atom stereocenters. The normalized spacial score (nSPS) is 13.4. The number of carbonyl (C=O) groups excluding carboxylic acids is 1. The van der Waals surface area contributed by atoms with Gasteiger partial charge in [0.15, 0.2) is 5.65 Å². The van der Waals surface area contributed by atoms with Crippen LogP contribution in [0.4, 0.5) is 11.5 Å². The van der Waals surface area contributed by atoms with E-state index in [0.29, 0.717) is 65.4 Å². The lowest BCUT2D eigenvalue weighted by Gasteiger charge is -2.15. The zero-order chi connectivity index (χ0) is 23.3. The zero-order valence-electron chi connectivity index (χ0n) is 18.2. The van der Waals surface area contributed by atoms with Crippen molar-refractivity contribution in [3.63, 3.8) is 0 Å². The van der Waals surface area contributed by atoms with Crippen molar-refractivity contribution < 1.29 is 14.3 Å². The van der Waals surface area contributed by atoms with Crippen LogP contribution in [0, 0.1) is 0 Å². The predicted molar refractivity (Wildman–Crippen MR) is 126 cm³/mol. The molecule has 1 fully saturated rings. The molecule has 34 heavy (non-hydrogen) atoms. The van der Waals surface area contributed by atoms with E-state index in [2.05, 4.69) is 30.5 Å². The summed E-state index contributed by atoms with van der Waals surface area (Å²) in [5.41, 5.74) is 2.06. The van der Waals surface area contributed by atoms with Gasteiger partial charge in [-0.3, -0.25) is 14.9 Å². The summed E-state index contributed by atoms with van der Waals surface area (Å²) in [7, 11) is 0. The molecule has 0 bridgehead atoms. The van der Waals surface area contributed by atoms with Gasteiger partial charge >= 0.3 is 0 Å². The highest BCUT2D eigenvalue weighted by atomic mass is 35.5. The van der Waals surface area contributed by atoms with E-state index in [1.54, 1.807) is 23.2 Å². The Morgan fingerprint density at radius 1 is 1.15 bits per heavy atom. The fourth-order valence-corrected chi connectivity index (χ4v) is 3.93. The number of carbonyl (C=O) groups is 1. The van der Waals surface area contributed by atoms with Gasteiger partial charge in [0.05, 0.1) is 17.3 Å². The van der Waals surface area contributed by atoms with Gasteiger partial charge in [0.2, 0.25) is 11.8 Å². The monoisotopic (exact) mass is 479 g/mol. The number of rotatable bonds is 9. The summed E-state index contributed by atoms with van der Waals surface area (Å²) in [6.07, 6.45) is 4.64. The lowest BCUT2D eigenvalue weighted by molar-refractivity contribution is -0.128. The number of H-pyrrole nitrogens is 1. The van der Waals surface area contributed by atoms with Crippen LogP contribution in [0.2, 0.25) is 5.02 Å². The Morgan fingerprint density at radius 3 is 2.88 bits per heavy atom. The fourth-order valence-electron chi connectivity index (χ4n) is 3.69. The molecule has 10 nitrogen and oxygen atoms in total. The van der Waals surface area contributed by atoms with Crippen LogP contribution in [0.25, 0.3) is 11.0 Å². The van der Waals surface area contributed by atoms with Crippen molar-refractivity contribution in [2.45, 2.75) is 19.4 Å². The lowest BCUT2D eigenvalue weighted by Crippen LogP contribution is -2.29. The van der Waals surface area contributed by atoms with Crippen LogP contribution in [0.5, 0.6) is 11.6 Å². The Balaban J connectivity index is 1.28. The van der Waals surface area contributed by atoms with Crippen molar-refractivity contribution >= 4 is 40.0 Å². The molecule has 1 amide bonds. The topological polar surface area (TPSA) is 118 Å². The quantitative estimate of drug-likeness (QED) is 0.373. The van der Waals surface area contributed by atoms with Crippen molar-refractivity contribution in [1.82, 2.24) is 30.0 Å². The molecule has 1 aromatic carbocycles. The first kappa shape index (κ1) is 21.9. The molecule has 4 heterocycles. The van der Waals surface area contributed by atoms with Crippen LogP contribution in [-0.2, 0) is 11.4 Å². The number of benzene rings is 1. The van der Waals surface area contributed by atoms with Crippen molar-refractivity contribution in [3.05, 3.63) is 59.6 Å². The predicted octanol–water partition coefficient (Wildman–Crippen LogP) is 3.73. The summed E-state index contributed by atoms with van der Waals surface area (Å²) in [4.78, 5) is 26.4. The molecule has 0 spiro atoms. The number of hydrogen-bond acceptors (Lipinski definition) is 8. The number of aromatic amines is 1. The number of aromatic nitrogens is 5. The van der Waals surface area contributed by atoms with E-state index < -0.39 is 0 Å². The van der Waals surface area contributed by atoms with Crippen molar-refractivity contribution in [2.75, 3.05) is 25.0 Å². The van der Waals surface area contributed by atoms with E-state index in [1.165, 1.54) is 6.33 Å². The maximum absolute atomic E-state index is 11.8. The molecule has 0 saturated carbocycles. The van der Waals surface area contributed by atoms with E-state index in [0.717, 1.165) is 18.7 Å². The number of pyridine rings is 1. The van der Waals surface area contributed by atoms with Gasteiger partial charge in [0, 0.05) is 24.8 Å². The van der Waals surface area contributed by atoms with Gasteiger partial charge in [-0.2, -0.15) is 0 Å². The number of nitrogens with zero attached hydrogens (tertiary/aromatic N) is 5. The SMILES string of the molecule is O=C1CCCN1CCOc1n[nH]c2ncnc(Nc3ccc(OCc4ccccn4)c(Cl)c3)c12. The van der Waals surface area contributed by atoms with Crippen molar-refractivity contribution in [2.24, 2.45) is 0 Å². The molecule has 0 unspecified atom stereocenters. The van der Waals surface area contributed by atoms with Gasteiger partial charge in [0.25, 0.3) is 0 Å². The summed E-state index contributed by atoms with van der Waals surface area (Å²) < 4.78 is 11.6. The summed E-state index contributed by atoms with van der Waals surface area (Å²) in [5.74, 6) is 1.59. The molecule has 174 valence electrons. The number of hydrogen-bond donors (Lipinski definition) is 2. The van der Waals surface area contributed by atoms with Crippen LogP contribution in [0.1, 0.15) is 18.5 Å². The van der Waals surface area contributed by atoms with E-state index >= 15 is 0 Å². The van der Waals surface area contributed by atoms with Gasteiger partial charge in [-0.15, -0.1) is 5.10 Å². The van der Waals surface area contributed by atoms with Crippen LogP contribution in [0.3, 0.4) is 0 Å². The first-order chi connectivity index (χ1) is 16.7. The third kappa shape index (κ3) is 4.86. The number of ether oxygens (including phenoxy) is 2. The van der Waals surface area contributed by atoms with E-state index in [9.17, 15) is 4.79 Å². The summed E-state index contributed by atoms with van der Waals surface area (Å²) in [6.45, 7) is 1.92. The summed E-state index contributed by atoms with van der Waals surface area (Å²) in [5, 5.41) is 11.4. The molecule has 11 heteroatoms. The molecule has 1 aliphatic rings. The molecule has 0 radical (unpaired) electrons. The van der Waals surface area contributed by atoms with E-state index in [-0.39, 0.29) is 5.91 Å². The van der Waals surface area contributed by atoms with Crippen molar-refractivity contribution in [3.8, 4) is 11.6 Å². The molecule has 0 aliphatic carbocycles. The van der Waals surface area contributed by atoms with Gasteiger partial charge in [-0.05, 0) is 36.8 Å². The molecule has 5 rings (SSSR count). The lowest BCUT2D eigenvalue weighted by atomic mass is 10.3. The average molecular weight is 480 g/mol. The Bertz CT molecular complexity index is 1300. The minimum absolute atomic E-state index is 0.158. The maximum atomic E-state index is 11.8. The molecule has 1 aliphatic heterocycles. The highest BCUT2D eigenvalue weighted by Gasteiger charge is 2.20. The minimum Gasteiger partial charge on any atom is -0.486 e. The molecular formula is C23H22ClN7O3. The third-order valence-corrected chi connectivity index (χ3v) is 5.69. The number of amides is 1. The molecule has 2 N–H and O–H groups in total. The minimum atomic E-state index is 0.158. The second-order valence-electron chi connectivity index (χ2n) is 7.69. The Kier molecular flexibility index (Phi) is 6.39.